The summed E-state index contributed by atoms with van der Waals surface area (Å²) in [6, 6.07) is 4.62. The highest BCUT2D eigenvalue weighted by molar-refractivity contribution is 7.98. The van der Waals surface area contributed by atoms with Gasteiger partial charge in [0.15, 0.2) is 0 Å². The zero-order valence-corrected chi connectivity index (χ0v) is 12.3. The fourth-order valence-electron chi connectivity index (χ4n) is 1.50. The van der Waals surface area contributed by atoms with Crippen molar-refractivity contribution in [1.82, 2.24) is 20.2 Å². The summed E-state index contributed by atoms with van der Waals surface area (Å²) in [7, 11) is 2.76. The first kappa shape index (κ1) is 15.2. The molecule has 0 aliphatic rings. The SMILES string of the molecule is COC(=O)Cn1nnnc1SCc1ccc(OC)cc1F. The molecule has 0 aliphatic heterocycles. The number of esters is 1. The predicted octanol–water partition coefficient (Wildman–Crippen LogP) is 1.29. The minimum absolute atomic E-state index is 0.0864. The number of nitrogens with zero attached hydrogens (tertiary/aromatic N) is 4. The molecule has 1 aromatic carbocycles. The lowest BCUT2D eigenvalue weighted by molar-refractivity contribution is -0.141. The molecule has 1 heterocycles. The third-order valence-corrected chi connectivity index (χ3v) is 3.63. The van der Waals surface area contributed by atoms with E-state index in [0.29, 0.717) is 22.2 Å². The quantitative estimate of drug-likeness (QED) is 0.587. The Morgan fingerprint density at radius 3 is 2.90 bits per heavy atom. The van der Waals surface area contributed by atoms with E-state index in [1.807, 2.05) is 0 Å². The van der Waals surface area contributed by atoms with E-state index in [4.69, 9.17) is 4.74 Å². The highest BCUT2D eigenvalue weighted by atomic mass is 32.2. The lowest BCUT2D eigenvalue weighted by atomic mass is 10.2. The van der Waals surface area contributed by atoms with Gasteiger partial charge in [-0.1, -0.05) is 17.8 Å². The monoisotopic (exact) mass is 312 g/mol. The molecule has 0 unspecified atom stereocenters. The average molecular weight is 312 g/mol. The van der Waals surface area contributed by atoms with Gasteiger partial charge in [-0.25, -0.2) is 9.07 Å². The summed E-state index contributed by atoms with van der Waals surface area (Å²) < 4.78 is 24.6. The molecule has 0 N–H and O–H groups in total. The van der Waals surface area contributed by atoms with Crippen LogP contribution in [0.25, 0.3) is 0 Å². The summed E-state index contributed by atoms with van der Waals surface area (Å²) >= 11 is 1.23. The van der Waals surface area contributed by atoms with Gasteiger partial charge in [-0.2, -0.15) is 0 Å². The number of benzene rings is 1. The van der Waals surface area contributed by atoms with Crippen molar-refractivity contribution < 1.29 is 18.7 Å². The van der Waals surface area contributed by atoms with Crippen molar-refractivity contribution in [2.45, 2.75) is 17.5 Å². The molecular weight excluding hydrogens is 299 g/mol. The molecule has 0 aliphatic carbocycles. The summed E-state index contributed by atoms with van der Waals surface area (Å²) in [4.78, 5) is 11.2. The van der Waals surface area contributed by atoms with Gasteiger partial charge in [0, 0.05) is 11.8 Å². The molecule has 0 bridgehead atoms. The number of halogens is 1. The number of methoxy groups -OCH3 is 2. The van der Waals surface area contributed by atoms with Crippen LogP contribution in [0.2, 0.25) is 0 Å². The second-order valence-corrected chi connectivity index (χ2v) is 4.88. The molecule has 112 valence electrons. The summed E-state index contributed by atoms with van der Waals surface area (Å²) in [5.41, 5.74) is 0.494. The summed E-state index contributed by atoms with van der Waals surface area (Å²) in [5, 5.41) is 11.4. The van der Waals surface area contributed by atoms with Crippen LogP contribution in [0, 0.1) is 5.82 Å². The Hall–Kier alpha value is -2.16. The number of hydrogen-bond donors (Lipinski definition) is 0. The van der Waals surface area contributed by atoms with Crippen LogP contribution in [-0.2, 0) is 21.8 Å². The lowest BCUT2D eigenvalue weighted by Crippen LogP contribution is -2.13. The standard InChI is InChI=1S/C12H13FN4O3S/c1-19-9-4-3-8(10(13)5-9)7-21-12-14-15-16-17(12)6-11(18)20-2/h3-5H,6-7H2,1-2H3. The Labute approximate surface area is 124 Å². The van der Waals surface area contributed by atoms with E-state index in [1.54, 1.807) is 12.1 Å². The van der Waals surface area contributed by atoms with Crippen LogP contribution < -0.4 is 4.74 Å². The van der Waals surface area contributed by atoms with Crippen molar-refractivity contribution in [1.29, 1.82) is 0 Å². The fraction of sp³-hybridized carbons (Fsp3) is 0.333. The van der Waals surface area contributed by atoms with Gasteiger partial charge < -0.3 is 9.47 Å². The number of carbonyl (C=O) groups excluding carboxylic acids is 1. The molecule has 21 heavy (non-hydrogen) atoms. The van der Waals surface area contributed by atoms with Crippen LogP contribution in [0.3, 0.4) is 0 Å². The van der Waals surface area contributed by atoms with Crippen LogP contribution in [0.1, 0.15) is 5.56 Å². The maximum atomic E-state index is 13.8. The highest BCUT2D eigenvalue weighted by Gasteiger charge is 2.12. The Balaban J connectivity index is 2.03. The third kappa shape index (κ3) is 3.91. The molecule has 0 saturated heterocycles. The second kappa shape index (κ2) is 7.02. The second-order valence-electron chi connectivity index (χ2n) is 3.94. The molecule has 7 nitrogen and oxygen atoms in total. The largest absolute Gasteiger partial charge is 0.497 e. The summed E-state index contributed by atoms with van der Waals surface area (Å²) in [6.07, 6.45) is 0. The molecule has 1 aromatic heterocycles. The number of thioether (sulfide) groups is 1. The van der Waals surface area contributed by atoms with Crippen molar-refractivity contribution in [2.24, 2.45) is 0 Å². The first-order valence-corrected chi connectivity index (χ1v) is 6.90. The molecular formula is C12H13FN4O3S. The van der Waals surface area contributed by atoms with Gasteiger partial charge in [0.25, 0.3) is 0 Å². The van der Waals surface area contributed by atoms with E-state index in [1.165, 1.54) is 36.7 Å². The summed E-state index contributed by atoms with van der Waals surface area (Å²) in [5.74, 6) is -0.0393. The van der Waals surface area contributed by atoms with Crippen molar-refractivity contribution in [3.63, 3.8) is 0 Å². The lowest BCUT2D eigenvalue weighted by Gasteiger charge is -2.06. The Bertz CT molecular complexity index is 635. The maximum absolute atomic E-state index is 13.8. The smallest absolute Gasteiger partial charge is 0.327 e. The van der Waals surface area contributed by atoms with Crippen LogP contribution in [0.15, 0.2) is 23.4 Å². The first-order valence-electron chi connectivity index (χ1n) is 5.92. The van der Waals surface area contributed by atoms with Crippen LogP contribution >= 0.6 is 11.8 Å². The fourth-order valence-corrected chi connectivity index (χ4v) is 2.36. The van der Waals surface area contributed by atoms with Crippen LogP contribution in [0.5, 0.6) is 5.75 Å². The molecule has 2 aromatic rings. The highest BCUT2D eigenvalue weighted by Crippen LogP contribution is 2.24. The van der Waals surface area contributed by atoms with Crippen molar-refractivity contribution in [3.8, 4) is 5.75 Å². The van der Waals surface area contributed by atoms with Crippen LogP contribution in [0.4, 0.5) is 4.39 Å². The van der Waals surface area contributed by atoms with Crippen molar-refractivity contribution >= 4 is 17.7 Å². The number of aromatic nitrogens is 4. The molecule has 0 radical (unpaired) electrons. The van der Waals surface area contributed by atoms with Gasteiger partial charge in [0.2, 0.25) is 5.16 Å². The number of ether oxygens (including phenoxy) is 2. The van der Waals surface area contributed by atoms with Crippen LogP contribution in [-0.4, -0.2) is 40.4 Å². The number of hydrogen-bond acceptors (Lipinski definition) is 7. The normalized spacial score (nSPS) is 10.4. The Morgan fingerprint density at radius 1 is 1.43 bits per heavy atom. The molecule has 0 fully saturated rings. The van der Waals surface area contributed by atoms with E-state index in [0.717, 1.165) is 0 Å². The molecule has 2 rings (SSSR count). The number of carbonyl (C=O) groups is 1. The van der Waals surface area contributed by atoms with Gasteiger partial charge in [0.05, 0.1) is 14.2 Å². The molecule has 0 amide bonds. The maximum Gasteiger partial charge on any atom is 0.327 e. The molecule has 0 spiro atoms. The van der Waals surface area contributed by atoms with E-state index < -0.39 is 5.97 Å². The van der Waals surface area contributed by atoms with Gasteiger partial charge in [-0.15, -0.1) is 5.10 Å². The minimum Gasteiger partial charge on any atom is -0.497 e. The van der Waals surface area contributed by atoms with E-state index in [9.17, 15) is 9.18 Å². The molecule has 0 saturated carbocycles. The van der Waals surface area contributed by atoms with Gasteiger partial charge >= 0.3 is 5.97 Å². The van der Waals surface area contributed by atoms with Gasteiger partial charge in [-0.05, 0) is 22.1 Å². The number of rotatable bonds is 6. The van der Waals surface area contributed by atoms with Gasteiger partial charge in [0.1, 0.15) is 18.1 Å². The first-order chi connectivity index (χ1) is 10.1. The van der Waals surface area contributed by atoms with E-state index in [2.05, 4.69) is 20.3 Å². The third-order valence-electron chi connectivity index (χ3n) is 2.62. The van der Waals surface area contributed by atoms with Crippen molar-refractivity contribution in [3.05, 3.63) is 29.6 Å². The minimum atomic E-state index is -0.459. The van der Waals surface area contributed by atoms with E-state index in [-0.39, 0.29) is 12.4 Å². The van der Waals surface area contributed by atoms with Crippen molar-refractivity contribution in [2.75, 3.05) is 14.2 Å². The predicted molar refractivity (Wildman–Crippen MR) is 72.3 cm³/mol. The molecule has 9 heteroatoms. The summed E-state index contributed by atoms with van der Waals surface area (Å²) in [6.45, 7) is -0.0864. The zero-order valence-electron chi connectivity index (χ0n) is 11.4. The Kier molecular flexibility index (Phi) is 5.09. The Morgan fingerprint density at radius 2 is 2.24 bits per heavy atom. The average Bonchev–Trinajstić information content (AvgIpc) is 2.92. The van der Waals surface area contributed by atoms with Gasteiger partial charge in [-0.3, -0.25) is 4.79 Å². The number of tetrazole rings is 1. The van der Waals surface area contributed by atoms with E-state index >= 15 is 0 Å². The molecule has 0 atom stereocenters. The topological polar surface area (TPSA) is 79.1 Å². The zero-order chi connectivity index (χ0) is 15.2.